The van der Waals surface area contributed by atoms with Crippen LogP contribution in [-0.2, 0) is 17.9 Å². The molecule has 1 aliphatic carbocycles. The van der Waals surface area contributed by atoms with Crippen LogP contribution in [0.15, 0.2) is 29.3 Å². The number of nitrogens with two attached hydrogens (primary N) is 1. The molecule has 0 unspecified atom stereocenters. The molecule has 2 rings (SSSR count). The predicted octanol–water partition coefficient (Wildman–Crippen LogP) is 2.96. The van der Waals surface area contributed by atoms with Crippen molar-refractivity contribution in [2.24, 2.45) is 10.7 Å². The average Bonchev–Trinajstić information content (AvgIpc) is 2.75. The lowest BCUT2D eigenvalue weighted by atomic mass is 10.1. The van der Waals surface area contributed by atoms with Crippen molar-refractivity contribution in [2.45, 2.75) is 57.7 Å². The fourth-order valence-corrected chi connectivity index (χ4v) is 2.86. The van der Waals surface area contributed by atoms with Gasteiger partial charge in [-0.05, 0) is 24.0 Å². The SMILES string of the molecule is COCc1ccccc1CN=C(N)NC1CCCCCC1. The zero-order chi connectivity index (χ0) is 14.9. The molecule has 0 aromatic heterocycles. The first kappa shape index (κ1) is 15.8. The van der Waals surface area contributed by atoms with Gasteiger partial charge in [0.1, 0.15) is 0 Å². The molecule has 1 saturated carbocycles. The molecular formula is C17H27N3O. The normalized spacial score (nSPS) is 17.5. The summed E-state index contributed by atoms with van der Waals surface area (Å²) in [7, 11) is 1.71. The molecule has 0 saturated heterocycles. The molecule has 1 aliphatic rings. The smallest absolute Gasteiger partial charge is 0.189 e. The highest BCUT2D eigenvalue weighted by Crippen LogP contribution is 2.17. The molecule has 1 aromatic carbocycles. The van der Waals surface area contributed by atoms with E-state index in [1.54, 1.807) is 7.11 Å². The summed E-state index contributed by atoms with van der Waals surface area (Å²) in [6.45, 7) is 1.22. The summed E-state index contributed by atoms with van der Waals surface area (Å²) >= 11 is 0. The van der Waals surface area contributed by atoms with Crippen LogP contribution < -0.4 is 11.1 Å². The summed E-state index contributed by atoms with van der Waals surface area (Å²) in [4.78, 5) is 4.49. The van der Waals surface area contributed by atoms with Gasteiger partial charge in [0, 0.05) is 13.2 Å². The van der Waals surface area contributed by atoms with E-state index in [0.29, 0.717) is 25.2 Å². The molecule has 0 amide bonds. The number of hydrogen-bond acceptors (Lipinski definition) is 2. The number of rotatable bonds is 5. The molecule has 116 valence electrons. The molecule has 4 nitrogen and oxygen atoms in total. The van der Waals surface area contributed by atoms with Crippen molar-refractivity contribution in [3.63, 3.8) is 0 Å². The summed E-state index contributed by atoms with van der Waals surface area (Å²) in [5.74, 6) is 0.564. The zero-order valence-electron chi connectivity index (χ0n) is 13.0. The van der Waals surface area contributed by atoms with Crippen LogP contribution in [-0.4, -0.2) is 19.1 Å². The molecule has 21 heavy (non-hydrogen) atoms. The Labute approximate surface area is 127 Å². The lowest BCUT2D eigenvalue weighted by molar-refractivity contribution is 0.184. The van der Waals surface area contributed by atoms with Gasteiger partial charge < -0.3 is 15.8 Å². The number of benzene rings is 1. The van der Waals surface area contributed by atoms with Crippen molar-refractivity contribution in [3.05, 3.63) is 35.4 Å². The van der Waals surface area contributed by atoms with Gasteiger partial charge in [-0.25, -0.2) is 4.99 Å². The highest BCUT2D eigenvalue weighted by atomic mass is 16.5. The standard InChI is InChI=1S/C17H27N3O/c1-21-13-15-9-7-6-8-14(15)12-19-17(18)20-16-10-4-2-3-5-11-16/h6-9,16H,2-5,10-13H2,1H3,(H3,18,19,20). The first-order valence-electron chi connectivity index (χ1n) is 7.92. The van der Waals surface area contributed by atoms with E-state index < -0.39 is 0 Å². The third-order valence-corrected chi connectivity index (χ3v) is 4.05. The Kier molecular flexibility index (Phi) is 6.54. The minimum atomic E-state index is 0.491. The van der Waals surface area contributed by atoms with E-state index in [2.05, 4.69) is 22.4 Å². The Morgan fingerprint density at radius 3 is 2.52 bits per heavy atom. The Hall–Kier alpha value is -1.55. The van der Waals surface area contributed by atoms with Crippen molar-refractivity contribution in [2.75, 3.05) is 7.11 Å². The van der Waals surface area contributed by atoms with Crippen LogP contribution >= 0.6 is 0 Å². The van der Waals surface area contributed by atoms with Crippen LogP contribution in [0.3, 0.4) is 0 Å². The van der Waals surface area contributed by atoms with E-state index in [1.807, 2.05) is 12.1 Å². The molecule has 0 spiro atoms. The van der Waals surface area contributed by atoms with E-state index in [9.17, 15) is 0 Å². The van der Waals surface area contributed by atoms with Gasteiger partial charge in [0.15, 0.2) is 5.96 Å². The van der Waals surface area contributed by atoms with Gasteiger partial charge in [0.25, 0.3) is 0 Å². The Bertz CT molecular complexity index is 451. The van der Waals surface area contributed by atoms with Crippen molar-refractivity contribution in [1.29, 1.82) is 0 Å². The van der Waals surface area contributed by atoms with Crippen molar-refractivity contribution >= 4 is 5.96 Å². The lowest BCUT2D eigenvalue weighted by Crippen LogP contribution is -2.39. The average molecular weight is 289 g/mol. The molecule has 0 bridgehead atoms. The number of nitrogens with zero attached hydrogens (tertiary/aromatic N) is 1. The summed E-state index contributed by atoms with van der Waals surface area (Å²) in [6, 6.07) is 8.69. The second-order valence-corrected chi connectivity index (χ2v) is 5.74. The Morgan fingerprint density at radius 1 is 1.19 bits per heavy atom. The number of ether oxygens (including phenoxy) is 1. The third-order valence-electron chi connectivity index (χ3n) is 4.05. The monoisotopic (exact) mass is 289 g/mol. The fourth-order valence-electron chi connectivity index (χ4n) is 2.86. The van der Waals surface area contributed by atoms with Gasteiger partial charge in [-0.15, -0.1) is 0 Å². The molecule has 4 heteroatoms. The van der Waals surface area contributed by atoms with Gasteiger partial charge in [-0.2, -0.15) is 0 Å². The molecule has 0 aliphatic heterocycles. The van der Waals surface area contributed by atoms with Gasteiger partial charge in [0.05, 0.1) is 13.2 Å². The van der Waals surface area contributed by atoms with Crippen LogP contribution in [0.4, 0.5) is 0 Å². The molecule has 0 atom stereocenters. The van der Waals surface area contributed by atoms with Crippen molar-refractivity contribution in [3.8, 4) is 0 Å². The number of guanidine groups is 1. The molecule has 0 heterocycles. The summed E-state index contributed by atoms with van der Waals surface area (Å²) < 4.78 is 5.22. The molecule has 0 radical (unpaired) electrons. The fraction of sp³-hybridized carbons (Fsp3) is 0.588. The summed E-state index contributed by atoms with van der Waals surface area (Å²) in [5.41, 5.74) is 8.38. The van der Waals surface area contributed by atoms with Gasteiger partial charge >= 0.3 is 0 Å². The maximum Gasteiger partial charge on any atom is 0.189 e. The van der Waals surface area contributed by atoms with E-state index in [1.165, 1.54) is 49.7 Å². The lowest BCUT2D eigenvalue weighted by Gasteiger charge is -2.16. The Morgan fingerprint density at radius 2 is 1.86 bits per heavy atom. The van der Waals surface area contributed by atoms with Crippen LogP contribution in [0.5, 0.6) is 0 Å². The first-order valence-corrected chi connectivity index (χ1v) is 7.92. The predicted molar refractivity (Wildman–Crippen MR) is 87.1 cm³/mol. The van der Waals surface area contributed by atoms with Crippen LogP contribution in [0.2, 0.25) is 0 Å². The second kappa shape index (κ2) is 8.67. The van der Waals surface area contributed by atoms with Gasteiger partial charge in [-0.3, -0.25) is 0 Å². The number of methoxy groups -OCH3 is 1. The molecule has 1 fully saturated rings. The van der Waals surface area contributed by atoms with E-state index in [-0.39, 0.29) is 0 Å². The van der Waals surface area contributed by atoms with Crippen LogP contribution in [0.25, 0.3) is 0 Å². The first-order chi connectivity index (χ1) is 10.3. The van der Waals surface area contributed by atoms with E-state index in [0.717, 1.165) is 0 Å². The maximum atomic E-state index is 6.04. The van der Waals surface area contributed by atoms with Crippen molar-refractivity contribution in [1.82, 2.24) is 5.32 Å². The van der Waals surface area contributed by atoms with Crippen molar-refractivity contribution < 1.29 is 4.74 Å². The Balaban J connectivity index is 1.90. The third kappa shape index (κ3) is 5.38. The number of hydrogen-bond donors (Lipinski definition) is 2. The zero-order valence-corrected chi connectivity index (χ0v) is 13.0. The van der Waals surface area contributed by atoms with E-state index >= 15 is 0 Å². The minimum Gasteiger partial charge on any atom is -0.380 e. The summed E-state index contributed by atoms with van der Waals surface area (Å²) in [5, 5.41) is 3.38. The van der Waals surface area contributed by atoms with E-state index in [4.69, 9.17) is 10.5 Å². The quantitative estimate of drug-likeness (QED) is 0.498. The van der Waals surface area contributed by atoms with Crippen LogP contribution in [0.1, 0.15) is 49.7 Å². The highest BCUT2D eigenvalue weighted by Gasteiger charge is 2.12. The molecular weight excluding hydrogens is 262 g/mol. The van der Waals surface area contributed by atoms with Crippen LogP contribution in [0, 0.1) is 0 Å². The molecule has 3 N–H and O–H groups in total. The topological polar surface area (TPSA) is 59.6 Å². The second-order valence-electron chi connectivity index (χ2n) is 5.74. The minimum absolute atomic E-state index is 0.491. The molecule has 1 aromatic rings. The van der Waals surface area contributed by atoms with Gasteiger partial charge in [0.2, 0.25) is 0 Å². The summed E-state index contributed by atoms with van der Waals surface area (Å²) in [6.07, 6.45) is 7.69. The number of aliphatic imine (C=N–C) groups is 1. The maximum absolute atomic E-state index is 6.04. The number of nitrogens with one attached hydrogen (secondary N) is 1. The highest BCUT2D eigenvalue weighted by molar-refractivity contribution is 5.78. The van der Waals surface area contributed by atoms with Gasteiger partial charge in [-0.1, -0.05) is 49.9 Å². The largest absolute Gasteiger partial charge is 0.380 e.